The van der Waals surface area contributed by atoms with Crippen molar-refractivity contribution >= 4 is 52.7 Å². The molecule has 0 aliphatic rings. The first-order valence-electron chi connectivity index (χ1n) is 8.46. The number of thioether (sulfide) groups is 2. The van der Waals surface area contributed by atoms with Crippen molar-refractivity contribution in [2.45, 2.75) is 14.9 Å². The second kappa shape index (κ2) is 10.1. The molecule has 0 bridgehead atoms. The standard InChI is InChI=1S/C19H15F3N4OS3/c1-28-17-24-25-18(30-17)29-12-16(27)26(23-11-13-6-3-2-4-7-13)15-9-5-8-14(10-15)19(20,21)22/h2-11H,12H2,1H3/b23-11+. The summed E-state index contributed by atoms with van der Waals surface area (Å²) in [6.07, 6.45) is -1.23. The molecular weight excluding hydrogens is 453 g/mol. The van der Waals surface area contributed by atoms with Gasteiger partial charge in [-0.05, 0) is 30.0 Å². The average molecular weight is 469 g/mol. The number of aromatic nitrogens is 2. The molecule has 5 nitrogen and oxygen atoms in total. The first kappa shape index (κ1) is 22.3. The Morgan fingerprint density at radius 1 is 1.13 bits per heavy atom. The second-order valence-electron chi connectivity index (χ2n) is 5.74. The minimum absolute atomic E-state index is 0.0321. The molecule has 11 heteroatoms. The first-order valence-corrected chi connectivity index (χ1v) is 11.5. The number of hydrogen-bond acceptors (Lipinski definition) is 7. The van der Waals surface area contributed by atoms with Crippen molar-refractivity contribution in [3.63, 3.8) is 0 Å². The van der Waals surface area contributed by atoms with Gasteiger partial charge in [0.15, 0.2) is 8.68 Å². The van der Waals surface area contributed by atoms with Crippen LogP contribution in [0.4, 0.5) is 18.9 Å². The van der Waals surface area contributed by atoms with E-state index in [1.54, 1.807) is 24.3 Å². The number of halogens is 3. The molecule has 0 saturated carbocycles. The van der Waals surface area contributed by atoms with Gasteiger partial charge in [0.2, 0.25) is 0 Å². The molecule has 0 N–H and O–H groups in total. The third-order valence-corrected chi connectivity index (χ3v) is 6.67. The third kappa shape index (κ3) is 6.07. The number of hydrazone groups is 1. The predicted octanol–water partition coefficient (Wildman–Crippen LogP) is 5.44. The Balaban J connectivity index is 1.85. The highest BCUT2D eigenvalue weighted by atomic mass is 32.2. The zero-order chi connectivity index (χ0) is 21.6. The largest absolute Gasteiger partial charge is 0.416 e. The SMILES string of the molecule is CSc1nnc(SCC(=O)N(/N=C/c2ccccc2)c2cccc(C(F)(F)F)c2)s1. The molecule has 1 heterocycles. The molecule has 1 aromatic heterocycles. The molecular formula is C19H15F3N4OS3. The number of alkyl halides is 3. The highest BCUT2D eigenvalue weighted by Crippen LogP contribution is 2.32. The summed E-state index contributed by atoms with van der Waals surface area (Å²) in [4.78, 5) is 12.8. The zero-order valence-electron chi connectivity index (χ0n) is 15.5. The Bertz CT molecular complexity index is 1030. The summed E-state index contributed by atoms with van der Waals surface area (Å²) in [6, 6.07) is 13.5. The molecule has 3 aromatic rings. The van der Waals surface area contributed by atoms with Gasteiger partial charge in [0.1, 0.15) is 0 Å². The van der Waals surface area contributed by atoms with Crippen molar-refractivity contribution < 1.29 is 18.0 Å². The molecule has 0 unspecified atom stereocenters. The molecule has 0 aliphatic carbocycles. The summed E-state index contributed by atoms with van der Waals surface area (Å²) < 4.78 is 40.7. The van der Waals surface area contributed by atoms with Crippen molar-refractivity contribution in [3.05, 3.63) is 65.7 Å². The fourth-order valence-corrected chi connectivity index (χ4v) is 4.56. The Hall–Kier alpha value is -2.37. The van der Waals surface area contributed by atoms with E-state index in [1.807, 2.05) is 12.3 Å². The molecule has 0 atom stereocenters. The van der Waals surface area contributed by atoms with E-state index < -0.39 is 17.6 Å². The van der Waals surface area contributed by atoms with Crippen LogP contribution in [0.5, 0.6) is 0 Å². The van der Waals surface area contributed by atoms with Crippen LogP contribution in [0.25, 0.3) is 0 Å². The summed E-state index contributed by atoms with van der Waals surface area (Å²) in [5.41, 5.74) is -0.109. The van der Waals surface area contributed by atoms with Crippen molar-refractivity contribution in [2.24, 2.45) is 5.10 Å². The van der Waals surface area contributed by atoms with E-state index in [9.17, 15) is 18.0 Å². The van der Waals surface area contributed by atoms with E-state index in [2.05, 4.69) is 15.3 Å². The monoisotopic (exact) mass is 468 g/mol. The second-order valence-corrected chi connectivity index (χ2v) is 8.99. The van der Waals surface area contributed by atoms with E-state index in [1.165, 1.54) is 41.4 Å². The number of anilines is 1. The summed E-state index contributed by atoms with van der Waals surface area (Å²) >= 11 is 3.95. The smallest absolute Gasteiger partial charge is 0.272 e. The van der Waals surface area contributed by atoms with E-state index in [-0.39, 0.29) is 11.4 Å². The molecule has 0 fully saturated rings. The number of amides is 1. The van der Waals surface area contributed by atoms with E-state index in [4.69, 9.17) is 0 Å². The quantitative estimate of drug-likeness (QED) is 0.263. The molecule has 2 aromatic carbocycles. The lowest BCUT2D eigenvalue weighted by Gasteiger charge is -2.18. The molecule has 156 valence electrons. The highest BCUT2D eigenvalue weighted by Gasteiger charge is 2.31. The van der Waals surface area contributed by atoms with Crippen molar-refractivity contribution in [3.8, 4) is 0 Å². The summed E-state index contributed by atoms with van der Waals surface area (Å²) in [5, 5.41) is 13.1. The predicted molar refractivity (Wildman–Crippen MR) is 115 cm³/mol. The van der Waals surface area contributed by atoms with Crippen molar-refractivity contribution in [1.29, 1.82) is 0 Å². The van der Waals surface area contributed by atoms with Gasteiger partial charge < -0.3 is 0 Å². The van der Waals surface area contributed by atoms with Gasteiger partial charge >= 0.3 is 6.18 Å². The van der Waals surface area contributed by atoms with Crippen LogP contribution >= 0.6 is 34.9 Å². The normalized spacial score (nSPS) is 11.7. The number of rotatable bonds is 7. The van der Waals surface area contributed by atoms with Gasteiger partial charge in [-0.3, -0.25) is 4.79 Å². The zero-order valence-corrected chi connectivity index (χ0v) is 18.0. The van der Waals surface area contributed by atoms with Gasteiger partial charge in [-0.15, -0.1) is 10.2 Å². The lowest BCUT2D eigenvalue weighted by Crippen LogP contribution is -2.27. The van der Waals surface area contributed by atoms with Crippen LogP contribution in [0.2, 0.25) is 0 Å². The van der Waals surface area contributed by atoms with E-state index in [0.29, 0.717) is 9.90 Å². The van der Waals surface area contributed by atoms with Gasteiger partial charge in [-0.2, -0.15) is 18.3 Å². The lowest BCUT2D eigenvalue weighted by atomic mass is 10.2. The fourth-order valence-electron chi connectivity index (χ4n) is 2.28. The number of benzene rings is 2. The van der Waals surface area contributed by atoms with E-state index in [0.717, 1.165) is 33.2 Å². The summed E-state index contributed by atoms with van der Waals surface area (Å²) in [6.45, 7) is 0. The van der Waals surface area contributed by atoms with Crippen LogP contribution in [-0.4, -0.2) is 34.3 Å². The van der Waals surface area contributed by atoms with E-state index >= 15 is 0 Å². The maximum atomic E-state index is 13.1. The van der Waals surface area contributed by atoms with Crippen LogP contribution in [-0.2, 0) is 11.0 Å². The minimum Gasteiger partial charge on any atom is -0.272 e. The Kier molecular flexibility index (Phi) is 7.51. The molecule has 30 heavy (non-hydrogen) atoms. The Morgan fingerprint density at radius 2 is 1.87 bits per heavy atom. The fraction of sp³-hybridized carbons (Fsp3) is 0.158. The summed E-state index contributed by atoms with van der Waals surface area (Å²) in [5.74, 6) is -0.529. The Labute approximate surface area is 183 Å². The van der Waals surface area contributed by atoms with Gasteiger partial charge in [-0.1, -0.05) is 71.3 Å². The van der Waals surface area contributed by atoms with Crippen LogP contribution in [0.1, 0.15) is 11.1 Å². The third-order valence-electron chi connectivity index (χ3n) is 3.66. The average Bonchev–Trinajstić information content (AvgIpc) is 3.21. The van der Waals surface area contributed by atoms with Gasteiger partial charge in [0, 0.05) is 0 Å². The molecule has 3 rings (SSSR count). The van der Waals surface area contributed by atoms with Crippen LogP contribution in [0.15, 0.2) is 68.4 Å². The van der Waals surface area contributed by atoms with Gasteiger partial charge in [-0.25, -0.2) is 5.01 Å². The first-order chi connectivity index (χ1) is 14.4. The molecule has 0 aliphatic heterocycles. The van der Waals surface area contributed by atoms with Gasteiger partial charge in [0.25, 0.3) is 5.91 Å². The van der Waals surface area contributed by atoms with Crippen LogP contribution in [0, 0.1) is 0 Å². The van der Waals surface area contributed by atoms with Crippen molar-refractivity contribution in [2.75, 3.05) is 17.0 Å². The minimum atomic E-state index is -4.52. The van der Waals surface area contributed by atoms with Crippen LogP contribution in [0.3, 0.4) is 0 Å². The molecule has 1 amide bonds. The lowest BCUT2D eigenvalue weighted by molar-refractivity contribution is -0.137. The molecule has 0 radical (unpaired) electrons. The number of carbonyl (C=O) groups excluding carboxylic acids is 1. The number of nitrogens with zero attached hydrogens (tertiary/aromatic N) is 4. The summed E-state index contributed by atoms with van der Waals surface area (Å²) in [7, 11) is 0. The maximum absolute atomic E-state index is 13.1. The van der Waals surface area contributed by atoms with Gasteiger partial charge in [0.05, 0.1) is 23.2 Å². The topological polar surface area (TPSA) is 58.5 Å². The number of hydrogen-bond donors (Lipinski definition) is 0. The molecule has 0 spiro atoms. The van der Waals surface area contributed by atoms with Crippen molar-refractivity contribution in [1.82, 2.24) is 10.2 Å². The Morgan fingerprint density at radius 3 is 2.53 bits per heavy atom. The molecule has 0 saturated heterocycles. The maximum Gasteiger partial charge on any atom is 0.416 e. The highest BCUT2D eigenvalue weighted by molar-refractivity contribution is 8.03. The van der Waals surface area contributed by atoms with Crippen LogP contribution < -0.4 is 5.01 Å². The number of carbonyl (C=O) groups is 1.